The van der Waals surface area contributed by atoms with Crippen LogP contribution in [0.3, 0.4) is 0 Å². The predicted octanol–water partition coefficient (Wildman–Crippen LogP) is 8.75. The molecule has 0 fully saturated rings. The molecule has 37 heavy (non-hydrogen) atoms. The molecule has 3 aromatic carbocycles. The zero-order valence-electron chi connectivity index (χ0n) is 20.6. The zero-order valence-corrected chi connectivity index (χ0v) is 23.0. The van der Waals surface area contributed by atoms with Crippen LogP contribution in [0.15, 0.2) is 88.3 Å². The van der Waals surface area contributed by atoms with Crippen molar-refractivity contribution in [2.24, 2.45) is 4.99 Å². The van der Waals surface area contributed by atoms with Gasteiger partial charge in [-0.1, -0.05) is 71.2 Å². The van der Waals surface area contributed by atoms with Crippen molar-refractivity contribution in [3.05, 3.63) is 110 Å². The molecule has 5 rings (SSSR count). The van der Waals surface area contributed by atoms with E-state index in [1.165, 1.54) is 23.3 Å². The molecule has 6 heteroatoms. The number of aryl methyl sites for hydroxylation is 1. The standard InChI is InChI=1S/C31H29BrN2O2S/c32-24-18-16-22(17-19-24)21-36-27-14-9-8-10-23(27)20-33-31-29(30(35)34-25-11-4-3-5-12-25)26-13-6-1-2-7-15-28(26)37-31/h3-5,8-12,14,16-20H,1-2,6-7,13,15,21H2,(H,34,35). The molecular formula is C31H29BrN2O2S. The number of carbonyl (C=O) groups excluding carboxylic acids is 1. The van der Waals surface area contributed by atoms with Crippen molar-refractivity contribution in [3.8, 4) is 5.75 Å². The van der Waals surface area contributed by atoms with E-state index >= 15 is 0 Å². The molecule has 1 N–H and O–H groups in total. The Hall–Kier alpha value is -3.22. The van der Waals surface area contributed by atoms with E-state index in [2.05, 4.69) is 21.2 Å². The Morgan fingerprint density at radius 3 is 2.46 bits per heavy atom. The summed E-state index contributed by atoms with van der Waals surface area (Å²) in [5.74, 6) is 0.676. The van der Waals surface area contributed by atoms with Crippen LogP contribution in [-0.4, -0.2) is 12.1 Å². The maximum Gasteiger partial charge on any atom is 0.259 e. The molecule has 0 unspecified atom stereocenters. The van der Waals surface area contributed by atoms with Gasteiger partial charge in [0.05, 0.1) is 5.56 Å². The fourth-order valence-electron chi connectivity index (χ4n) is 4.53. The Labute approximate surface area is 230 Å². The fraction of sp³-hybridized carbons (Fsp3) is 0.226. The number of nitrogens with zero attached hydrogens (tertiary/aromatic N) is 1. The first-order valence-electron chi connectivity index (χ1n) is 12.7. The Morgan fingerprint density at radius 2 is 1.65 bits per heavy atom. The van der Waals surface area contributed by atoms with Crippen molar-refractivity contribution in [2.75, 3.05) is 5.32 Å². The molecule has 4 aromatic rings. The number of fused-ring (bicyclic) bond motifs is 1. The lowest BCUT2D eigenvalue weighted by atomic mass is 9.96. The molecule has 4 nitrogen and oxygen atoms in total. The normalized spacial score (nSPS) is 13.5. The van der Waals surface area contributed by atoms with Crippen molar-refractivity contribution >= 4 is 50.1 Å². The van der Waals surface area contributed by atoms with Crippen LogP contribution in [0.4, 0.5) is 10.7 Å². The molecule has 0 bridgehead atoms. The monoisotopic (exact) mass is 572 g/mol. The summed E-state index contributed by atoms with van der Waals surface area (Å²) in [5, 5.41) is 3.86. The summed E-state index contributed by atoms with van der Waals surface area (Å²) in [7, 11) is 0. The van der Waals surface area contributed by atoms with Crippen LogP contribution >= 0.6 is 27.3 Å². The van der Waals surface area contributed by atoms with E-state index in [0.29, 0.717) is 6.61 Å². The van der Waals surface area contributed by atoms with Gasteiger partial charge >= 0.3 is 0 Å². The molecule has 0 aliphatic heterocycles. The zero-order chi connectivity index (χ0) is 25.5. The lowest BCUT2D eigenvalue weighted by molar-refractivity contribution is 0.102. The summed E-state index contributed by atoms with van der Waals surface area (Å²) in [6.07, 6.45) is 8.46. The van der Waals surface area contributed by atoms with E-state index < -0.39 is 0 Å². The van der Waals surface area contributed by atoms with Crippen LogP contribution in [0.5, 0.6) is 5.75 Å². The van der Waals surface area contributed by atoms with Gasteiger partial charge in [-0.25, -0.2) is 4.99 Å². The highest BCUT2D eigenvalue weighted by Crippen LogP contribution is 2.39. The van der Waals surface area contributed by atoms with E-state index in [0.717, 1.165) is 63.3 Å². The molecule has 1 heterocycles. The van der Waals surface area contributed by atoms with Gasteiger partial charge in [0.15, 0.2) is 0 Å². The van der Waals surface area contributed by atoms with E-state index in [9.17, 15) is 4.79 Å². The smallest absolute Gasteiger partial charge is 0.259 e. The van der Waals surface area contributed by atoms with Gasteiger partial charge in [-0.05, 0) is 73.2 Å². The highest BCUT2D eigenvalue weighted by molar-refractivity contribution is 9.10. The van der Waals surface area contributed by atoms with E-state index in [4.69, 9.17) is 9.73 Å². The lowest BCUT2D eigenvalue weighted by Gasteiger charge is -2.12. The lowest BCUT2D eigenvalue weighted by Crippen LogP contribution is -2.14. The van der Waals surface area contributed by atoms with Crippen molar-refractivity contribution in [1.29, 1.82) is 0 Å². The van der Waals surface area contributed by atoms with Crippen molar-refractivity contribution in [3.63, 3.8) is 0 Å². The number of hydrogen-bond acceptors (Lipinski definition) is 4. The summed E-state index contributed by atoms with van der Waals surface area (Å²) in [6.45, 7) is 0.468. The number of para-hydroxylation sites is 2. The number of halogens is 1. The number of ether oxygens (including phenoxy) is 1. The first-order valence-corrected chi connectivity index (χ1v) is 14.3. The van der Waals surface area contributed by atoms with Gasteiger partial charge in [0.2, 0.25) is 0 Å². The highest BCUT2D eigenvalue weighted by atomic mass is 79.9. The molecular weight excluding hydrogens is 544 g/mol. The molecule has 1 aliphatic rings. The third-order valence-electron chi connectivity index (χ3n) is 6.46. The van der Waals surface area contributed by atoms with Crippen molar-refractivity contribution < 1.29 is 9.53 Å². The molecule has 0 spiro atoms. The number of benzene rings is 3. The largest absolute Gasteiger partial charge is 0.488 e. The van der Waals surface area contributed by atoms with Gasteiger partial charge in [-0.3, -0.25) is 4.79 Å². The molecule has 0 radical (unpaired) electrons. The Balaban J connectivity index is 1.43. The van der Waals surface area contributed by atoms with Crippen LogP contribution in [0, 0.1) is 0 Å². The number of amides is 1. The van der Waals surface area contributed by atoms with Gasteiger partial charge in [0.1, 0.15) is 17.4 Å². The van der Waals surface area contributed by atoms with Gasteiger partial charge < -0.3 is 10.1 Å². The second-order valence-corrected chi connectivity index (χ2v) is 11.1. The van der Waals surface area contributed by atoms with E-state index in [-0.39, 0.29) is 5.91 Å². The molecule has 0 saturated heterocycles. The minimum Gasteiger partial charge on any atom is -0.488 e. The number of rotatable bonds is 7. The average Bonchev–Trinajstić information content (AvgIpc) is 3.24. The highest BCUT2D eigenvalue weighted by Gasteiger charge is 2.24. The first kappa shape index (κ1) is 25.4. The summed E-state index contributed by atoms with van der Waals surface area (Å²) >= 11 is 5.13. The number of nitrogens with one attached hydrogen (secondary N) is 1. The summed E-state index contributed by atoms with van der Waals surface area (Å²) < 4.78 is 7.18. The number of thiophene rings is 1. The van der Waals surface area contributed by atoms with Crippen LogP contribution in [0.1, 0.15) is 57.6 Å². The fourth-order valence-corrected chi connectivity index (χ4v) is 6.03. The number of carbonyl (C=O) groups is 1. The number of aliphatic imine (C=N–C) groups is 1. The second-order valence-electron chi connectivity index (χ2n) is 9.13. The maximum atomic E-state index is 13.5. The Kier molecular flexibility index (Phi) is 8.49. The molecule has 188 valence electrons. The Morgan fingerprint density at radius 1 is 0.919 bits per heavy atom. The second kappa shape index (κ2) is 12.3. The summed E-state index contributed by atoms with van der Waals surface area (Å²) in [5.41, 5.74) is 4.66. The summed E-state index contributed by atoms with van der Waals surface area (Å²) in [4.78, 5) is 19.7. The third-order valence-corrected chi connectivity index (χ3v) is 8.19. The molecule has 1 amide bonds. The van der Waals surface area contributed by atoms with Crippen LogP contribution in [0.2, 0.25) is 0 Å². The van der Waals surface area contributed by atoms with Crippen LogP contribution in [0.25, 0.3) is 0 Å². The third kappa shape index (κ3) is 6.56. The van der Waals surface area contributed by atoms with Crippen LogP contribution in [-0.2, 0) is 19.4 Å². The average molecular weight is 574 g/mol. The van der Waals surface area contributed by atoms with Gasteiger partial charge in [-0.15, -0.1) is 11.3 Å². The minimum absolute atomic E-state index is 0.0869. The van der Waals surface area contributed by atoms with Crippen LogP contribution < -0.4 is 10.1 Å². The SMILES string of the molecule is O=C(Nc1ccccc1)c1c(N=Cc2ccccc2OCc2ccc(Br)cc2)sc2c1CCCCCC2. The minimum atomic E-state index is -0.0869. The van der Waals surface area contributed by atoms with Gasteiger partial charge in [-0.2, -0.15) is 0 Å². The Bertz CT molecular complexity index is 1380. The quantitative estimate of drug-likeness (QED) is 0.225. The van der Waals surface area contributed by atoms with Crippen molar-refractivity contribution in [2.45, 2.75) is 45.1 Å². The van der Waals surface area contributed by atoms with E-state index in [1.807, 2.05) is 85.1 Å². The molecule has 0 atom stereocenters. The maximum absolute atomic E-state index is 13.5. The predicted molar refractivity (Wildman–Crippen MR) is 157 cm³/mol. The topological polar surface area (TPSA) is 50.7 Å². The van der Waals surface area contributed by atoms with Gasteiger partial charge in [0, 0.05) is 26.8 Å². The van der Waals surface area contributed by atoms with E-state index in [1.54, 1.807) is 11.3 Å². The molecule has 0 saturated carbocycles. The van der Waals surface area contributed by atoms with Crippen molar-refractivity contribution in [1.82, 2.24) is 0 Å². The summed E-state index contributed by atoms with van der Waals surface area (Å²) in [6, 6.07) is 25.6. The first-order chi connectivity index (χ1) is 18.2. The van der Waals surface area contributed by atoms with Gasteiger partial charge in [0.25, 0.3) is 5.91 Å². The number of hydrogen-bond donors (Lipinski definition) is 1. The number of anilines is 1. The molecule has 1 aliphatic carbocycles. The molecule has 1 aromatic heterocycles.